The summed E-state index contributed by atoms with van der Waals surface area (Å²) in [7, 11) is -9.90. The Labute approximate surface area is 543 Å². The molecule has 0 saturated carbocycles. The van der Waals surface area contributed by atoms with Crippen LogP contribution in [0.3, 0.4) is 0 Å². The van der Waals surface area contributed by atoms with Crippen LogP contribution < -0.4 is 0 Å². The molecule has 0 radical (unpaired) electrons. The topological polar surface area (TPSA) is 237 Å². The van der Waals surface area contributed by atoms with Gasteiger partial charge in [0, 0.05) is 25.7 Å². The van der Waals surface area contributed by atoms with E-state index in [9.17, 15) is 43.2 Å². The third-order valence-electron chi connectivity index (χ3n) is 16.5. The minimum Gasteiger partial charge on any atom is -0.462 e. The van der Waals surface area contributed by atoms with Crippen LogP contribution in [0, 0.1) is 17.8 Å². The molecule has 0 aliphatic carbocycles. The van der Waals surface area contributed by atoms with Crippen molar-refractivity contribution in [3.05, 3.63) is 0 Å². The van der Waals surface area contributed by atoms with E-state index in [-0.39, 0.29) is 25.7 Å². The van der Waals surface area contributed by atoms with Crippen LogP contribution in [0.2, 0.25) is 0 Å². The van der Waals surface area contributed by atoms with Crippen LogP contribution in [-0.2, 0) is 65.4 Å². The summed E-state index contributed by atoms with van der Waals surface area (Å²) in [5.41, 5.74) is 0. The molecule has 0 aromatic rings. The minimum absolute atomic E-state index is 0.104. The number of phosphoric acid groups is 2. The van der Waals surface area contributed by atoms with Crippen molar-refractivity contribution in [2.45, 2.75) is 369 Å². The number of aliphatic hydroxyl groups is 1. The maximum atomic E-state index is 13.0. The van der Waals surface area contributed by atoms with Gasteiger partial charge in [-0.1, -0.05) is 299 Å². The Morgan fingerprint density at radius 1 is 0.326 bits per heavy atom. The molecule has 0 fully saturated rings. The smallest absolute Gasteiger partial charge is 0.462 e. The van der Waals surface area contributed by atoms with Gasteiger partial charge in [0.25, 0.3) is 0 Å². The number of ether oxygens (including phenoxy) is 4. The molecule has 0 amide bonds. The van der Waals surface area contributed by atoms with Crippen molar-refractivity contribution in [2.75, 3.05) is 39.6 Å². The molecular formula is C70H136O17P2. The molecule has 0 heterocycles. The number of carbonyl (C=O) groups excluding carboxylic acids is 4. The molecule has 0 aliphatic heterocycles. The first-order valence-corrected chi connectivity index (χ1v) is 39.4. The van der Waals surface area contributed by atoms with E-state index in [2.05, 4.69) is 48.5 Å². The summed E-state index contributed by atoms with van der Waals surface area (Å²) >= 11 is 0. The summed E-state index contributed by atoms with van der Waals surface area (Å²) in [4.78, 5) is 72.5. The van der Waals surface area contributed by atoms with Crippen molar-refractivity contribution < 1.29 is 80.2 Å². The molecule has 3 N–H and O–H groups in total. The van der Waals surface area contributed by atoms with E-state index in [0.717, 1.165) is 108 Å². The number of carbonyl (C=O) groups is 4. The Bertz CT molecular complexity index is 1750. The van der Waals surface area contributed by atoms with E-state index in [1.165, 1.54) is 154 Å². The van der Waals surface area contributed by atoms with Gasteiger partial charge in [-0.3, -0.25) is 37.3 Å². The Hall–Kier alpha value is -1.94. The standard InChI is InChI=1S/C70H136O17P2/c1-8-10-11-12-13-14-15-16-19-22-30-37-44-51-67(72)80-57-65(86-69(74)53-46-39-31-23-20-17-18-21-27-34-41-48-61(3)4)59-84-88(76,77)82-55-64(71)56-83-89(78,79)85-60-66(58-81-68(73)52-45-38-33-26-28-35-42-49-62(5)6)87-70(75)54-47-40-32-25-24-29-36-43-50-63(7)9-2/h61-66,71H,8-60H2,1-7H3,(H,76,77)(H,78,79)/t63?,64-,65-,66-/m1/s1. The number of aliphatic hydroxyl groups excluding tert-OH is 1. The van der Waals surface area contributed by atoms with Gasteiger partial charge in [0.1, 0.15) is 19.3 Å². The van der Waals surface area contributed by atoms with Crippen molar-refractivity contribution in [1.29, 1.82) is 0 Å². The van der Waals surface area contributed by atoms with Gasteiger partial charge in [-0.25, -0.2) is 9.13 Å². The largest absolute Gasteiger partial charge is 0.472 e. The number of esters is 4. The highest BCUT2D eigenvalue weighted by Crippen LogP contribution is 2.45. The first-order chi connectivity index (χ1) is 42.8. The van der Waals surface area contributed by atoms with Crippen molar-refractivity contribution in [1.82, 2.24) is 0 Å². The van der Waals surface area contributed by atoms with Gasteiger partial charge in [0.15, 0.2) is 12.2 Å². The molecule has 0 aromatic carbocycles. The van der Waals surface area contributed by atoms with Gasteiger partial charge >= 0.3 is 39.5 Å². The Morgan fingerprint density at radius 2 is 0.573 bits per heavy atom. The Morgan fingerprint density at radius 3 is 0.854 bits per heavy atom. The highest BCUT2D eigenvalue weighted by molar-refractivity contribution is 7.47. The molecule has 3 unspecified atom stereocenters. The molecule has 19 heteroatoms. The second kappa shape index (κ2) is 61.0. The van der Waals surface area contributed by atoms with E-state index < -0.39 is 97.5 Å². The van der Waals surface area contributed by atoms with Gasteiger partial charge in [-0.15, -0.1) is 0 Å². The molecule has 0 spiro atoms. The predicted octanol–water partition coefficient (Wildman–Crippen LogP) is 19.8. The van der Waals surface area contributed by atoms with Crippen LogP contribution in [0.5, 0.6) is 0 Å². The van der Waals surface area contributed by atoms with Crippen LogP contribution >= 0.6 is 15.6 Å². The van der Waals surface area contributed by atoms with Crippen LogP contribution in [0.1, 0.15) is 350 Å². The van der Waals surface area contributed by atoms with Crippen LogP contribution in [-0.4, -0.2) is 96.7 Å². The molecule has 89 heavy (non-hydrogen) atoms. The summed E-state index contributed by atoms with van der Waals surface area (Å²) in [6, 6.07) is 0. The molecular weight excluding hydrogens is 1170 g/mol. The predicted molar refractivity (Wildman–Crippen MR) is 358 cm³/mol. The fourth-order valence-electron chi connectivity index (χ4n) is 10.5. The van der Waals surface area contributed by atoms with E-state index in [0.29, 0.717) is 31.6 Å². The lowest BCUT2D eigenvalue weighted by Crippen LogP contribution is -2.30. The highest BCUT2D eigenvalue weighted by atomic mass is 31.2. The number of hydrogen-bond donors (Lipinski definition) is 3. The third-order valence-corrected chi connectivity index (χ3v) is 18.4. The summed E-state index contributed by atoms with van der Waals surface area (Å²) in [5.74, 6) is 0.113. The lowest BCUT2D eigenvalue weighted by Gasteiger charge is -2.21. The van der Waals surface area contributed by atoms with Gasteiger partial charge in [-0.05, 0) is 43.4 Å². The molecule has 0 rings (SSSR count). The lowest BCUT2D eigenvalue weighted by atomic mass is 9.99. The normalized spacial score (nSPS) is 14.5. The third kappa shape index (κ3) is 63.2. The Balaban J connectivity index is 5.26. The fourth-order valence-corrected chi connectivity index (χ4v) is 12.1. The first kappa shape index (κ1) is 87.1. The first-order valence-electron chi connectivity index (χ1n) is 36.4. The summed E-state index contributed by atoms with van der Waals surface area (Å²) in [6.07, 6.45) is 44.4. The van der Waals surface area contributed by atoms with E-state index in [4.69, 9.17) is 37.0 Å². The lowest BCUT2D eigenvalue weighted by molar-refractivity contribution is -0.161. The van der Waals surface area contributed by atoms with Gasteiger partial charge in [0.05, 0.1) is 26.4 Å². The number of unbranched alkanes of at least 4 members (excludes halogenated alkanes) is 35. The minimum atomic E-state index is -4.95. The van der Waals surface area contributed by atoms with Crippen molar-refractivity contribution in [3.8, 4) is 0 Å². The van der Waals surface area contributed by atoms with Gasteiger partial charge in [-0.2, -0.15) is 0 Å². The zero-order chi connectivity index (χ0) is 65.9. The summed E-state index contributed by atoms with van der Waals surface area (Å²) in [6.45, 7) is 11.8. The molecule has 528 valence electrons. The maximum absolute atomic E-state index is 13.0. The SMILES string of the molecule is CCCCCCCCCCCCCCCC(=O)OC[C@H](COP(=O)(O)OC[C@@H](O)COP(=O)(O)OC[C@@H](COC(=O)CCCCCCCCCC(C)C)OC(=O)CCCCCCCCCCC(C)CC)OC(=O)CCCCCCCCCCCCCC(C)C. The van der Waals surface area contributed by atoms with E-state index >= 15 is 0 Å². The van der Waals surface area contributed by atoms with Crippen molar-refractivity contribution in [2.24, 2.45) is 17.8 Å². The fraction of sp³-hybridized carbons (Fsp3) is 0.943. The number of hydrogen-bond acceptors (Lipinski definition) is 15. The van der Waals surface area contributed by atoms with Crippen LogP contribution in [0.15, 0.2) is 0 Å². The van der Waals surface area contributed by atoms with Crippen molar-refractivity contribution >= 4 is 39.5 Å². The zero-order valence-corrected chi connectivity index (χ0v) is 59.7. The van der Waals surface area contributed by atoms with Crippen molar-refractivity contribution in [3.63, 3.8) is 0 Å². The van der Waals surface area contributed by atoms with Crippen LogP contribution in [0.4, 0.5) is 0 Å². The zero-order valence-electron chi connectivity index (χ0n) is 57.9. The molecule has 0 aliphatic rings. The highest BCUT2D eigenvalue weighted by Gasteiger charge is 2.30. The van der Waals surface area contributed by atoms with E-state index in [1.807, 2.05) is 0 Å². The Kier molecular flexibility index (Phi) is 59.6. The second-order valence-electron chi connectivity index (χ2n) is 26.5. The maximum Gasteiger partial charge on any atom is 0.472 e. The molecule has 17 nitrogen and oxygen atoms in total. The second-order valence-corrected chi connectivity index (χ2v) is 29.4. The van der Waals surface area contributed by atoms with E-state index in [1.54, 1.807) is 0 Å². The van der Waals surface area contributed by atoms with Crippen LogP contribution in [0.25, 0.3) is 0 Å². The summed E-state index contributed by atoms with van der Waals surface area (Å²) < 4.78 is 68.3. The number of phosphoric ester groups is 2. The summed E-state index contributed by atoms with van der Waals surface area (Å²) in [5, 5.41) is 10.6. The molecule has 0 aromatic heterocycles. The monoisotopic (exact) mass is 1310 g/mol. The molecule has 6 atom stereocenters. The number of rotatable bonds is 68. The average Bonchev–Trinajstić information content (AvgIpc) is 3.69. The average molecular weight is 1310 g/mol. The molecule has 0 bridgehead atoms. The molecule has 0 saturated heterocycles. The van der Waals surface area contributed by atoms with Gasteiger partial charge < -0.3 is 33.8 Å². The quantitative estimate of drug-likeness (QED) is 0.0222. The van der Waals surface area contributed by atoms with Gasteiger partial charge in [0.2, 0.25) is 0 Å².